The second-order valence-corrected chi connectivity index (χ2v) is 16.6. The van der Waals surface area contributed by atoms with Crippen LogP contribution in [0.1, 0.15) is 0 Å². The van der Waals surface area contributed by atoms with Gasteiger partial charge in [-0.1, -0.05) is 152 Å². The number of hydrogen-bond acceptors (Lipinski definition) is 6. The number of aromatic nitrogens is 4. The maximum atomic E-state index is 5.22. The molecule has 0 aliphatic heterocycles. The van der Waals surface area contributed by atoms with Gasteiger partial charge in [-0.15, -0.1) is 22.7 Å². The molecule has 0 fully saturated rings. The molecule has 0 aliphatic rings. The van der Waals surface area contributed by atoms with Crippen LogP contribution < -0.4 is 0 Å². The van der Waals surface area contributed by atoms with E-state index in [1.54, 1.807) is 0 Å². The molecule has 0 atom stereocenters. The molecule has 0 spiro atoms. The van der Waals surface area contributed by atoms with Crippen LogP contribution >= 0.6 is 22.7 Å². The molecule has 0 N–H and O–H groups in total. The maximum absolute atomic E-state index is 5.22. The normalized spacial score (nSPS) is 11.8. The van der Waals surface area contributed by atoms with Crippen molar-refractivity contribution in [1.82, 2.24) is 19.9 Å². The lowest BCUT2D eigenvalue weighted by Gasteiger charge is -2.11. The number of nitrogens with zero attached hydrogens (tertiary/aromatic N) is 4. The van der Waals surface area contributed by atoms with E-state index in [-0.39, 0.29) is 0 Å². The van der Waals surface area contributed by atoms with Crippen LogP contribution in [0.2, 0.25) is 0 Å². The van der Waals surface area contributed by atoms with Crippen LogP contribution in [0.4, 0.5) is 0 Å². The molecule has 0 amide bonds. The molecule has 0 unspecified atom stereocenters. The molecule has 0 bridgehead atoms. The number of benzene rings is 8. The van der Waals surface area contributed by atoms with Crippen molar-refractivity contribution in [3.05, 3.63) is 182 Å². The van der Waals surface area contributed by atoms with Gasteiger partial charge in [-0.2, -0.15) is 0 Å². The Morgan fingerprint density at radius 3 is 1.53 bits per heavy atom. The summed E-state index contributed by atoms with van der Waals surface area (Å²) >= 11 is 3.73. The quantitative estimate of drug-likeness (QED) is 0.163. The summed E-state index contributed by atoms with van der Waals surface area (Å²) in [6.07, 6.45) is 0. The molecule has 0 saturated carbocycles. The summed E-state index contributed by atoms with van der Waals surface area (Å²) < 4.78 is 5.08. The van der Waals surface area contributed by atoms with Crippen LogP contribution in [0.3, 0.4) is 0 Å². The monoisotopic (exact) mass is 774 g/mol. The van der Waals surface area contributed by atoms with Gasteiger partial charge in [0.1, 0.15) is 0 Å². The van der Waals surface area contributed by atoms with Crippen molar-refractivity contribution in [3.8, 4) is 56.5 Å². The van der Waals surface area contributed by atoms with Crippen molar-refractivity contribution >= 4 is 84.7 Å². The average molecular weight is 775 g/mol. The first-order valence-electron chi connectivity index (χ1n) is 19.3. The topological polar surface area (TPSA) is 51.6 Å². The minimum absolute atomic E-state index is 0.658. The number of fused-ring (bicyclic) bond motifs is 10. The largest absolute Gasteiger partial charge is 0.247 e. The van der Waals surface area contributed by atoms with Crippen LogP contribution in [0.25, 0.3) is 119 Å². The molecule has 6 heteroatoms. The Kier molecular flexibility index (Phi) is 7.55. The Balaban J connectivity index is 1.05. The summed E-state index contributed by atoms with van der Waals surface area (Å²) in [5.74, 6) is 1.98. The second-order valence-electron chi connectivity index (χ2n) is 14.5. The lowest BCUT2D eigenvalue weighted by molar-refractivity contribution is 1.07. The number of para-hydroxylation sites is 1. The summed E-state index contributed by atoms with van der Waals surface area (Å²) in [5.41, 5.74) is 8.53. The molecule has 4 heterocycles. The summed E-state index contributed by atoms with van der Waals surface area (Å²) in [5, 5.41) is 8.62. The molecule has 12 aromatic rings. The Morgan fingerprint density at radius 2 is 0.845 bits per heavy atom. The van der Waals surface area contributed by atoms with Gasteiger partial charge in [0, 0.05) is 89.9 Å². The van der Waals surface area contributed by atoms with Crippen LogP contribution in [0, 0.1) is 0 Å². The summed E-state index contributed by atoms with van der Waals surface area (Å²) in [7, 11) is 0. The predicted octanol–water partition coefficient (Wildman–Crippen LogP) is 14.6. The van der Waals surface area contributed by atoms with Gasteiger partial charge in [0.2, 0.25) is 0 Å². The van der Waals surface area contributed by atoms with E-state index in [0.29, 0.717) is 17.5 Å². The molecule has 0 saturated heterocycles. The van der Waals surface area contributed by atoms with E-state index < -0.39 is 0 Å². The fourth-order valence-corrected chi connectivity index (χ4v) is 10.9. The Labute approximate surface area is 341 Å². The number of rotatable bonds is 5. The zero-order chi connectivity index (χ0) is 38.2. The van der Waals surface area contributed by atoms with Crippen molar-refractivity contribution < 1.29 is 0 Å². The van der Waals surface area contributed by atoms with Gasteiger partial charge in [0.25, 0.3) is 0 Å². The van der Waals surface area contributed by atoms with Gasteiger partial charge < -0.3 is 0 Å². The second kappa shape index (κ2) is 13.2. The van der Waals surface area contributed by atoms with E-state index >= 15 is 0 Å². The Morgan fingerprint density at radius 1 is 0.310 bits per heavy atom. The molecule has 58 heavy (non-hydrogen) atoms. The van der Waals surface area contributed by atoms with Crippen molar-refractivity contribution in [2.45, 2.75) is 0 Å². The summed E-state index contributed by atoms with van der Waals surface area (Å²) in [4.78, 5) is 20.2. The SMILES string of the molecule is c1ccc(-c2nc(-c3ccccc3)nc(-c3ccc4sc5c(-c6cccc7c6sc6ccc8c(-c9ccccc9)nc9ccccc9c8c67)cccc5c4c3)n2)cc1. The highest BCUT2D eigenvalue weighted by molar-refractivity contribution is 7.27. The van der Waals surface area contributed by atoms with Gasteiger partial charge >= 0.3 is 0 Å². The first kappa shape index (κ1) is 33.1. The molecule has 0 radical (unpaired) electrons. The van der Waals surface area contributed by atoms with Crippen molar-refractivity contribution in [3.63, 3.8) is 0 Å². The molecule has 270 valence electrons. The number of pyridine rings is 1. The van der Waals surface area contributed by atoms with E-state index in [4.69, 9.17) is 19.9 Å². The highest BCUT2D eigenvalue weighted by atomic mass is 32.1. The minimum Gasteiger partial charge on any atom is -0.247 e. The summed E-state index contributed by atoms with van der Waals surface area (Å²) in [6, 6.07) is 64.2. The number of thiophene rings is 2. The van der Waals surface area contributed by atoms with Crippen LogP contribution in [0.15, 0.2) is 182 Å². The van der Waals surface area contributed by atoms with E-state index in [0.717, 1.165) is 33.5 Å². The van der Waals surface area contributed by atoms with Crippen molar-refractivity contribution in [2.24, 2.45) is 0 Å². The van der Waals surface area contributed by atoms with Gasteiger partial charge in [-0.05, 0) is 30.3 Å². The Bertz CT molecular complexity index is 3500. The fourth-order valence-electron chi connectivity index (χ4n) is 8.45. The van der Waals surface area contributed by atoms with Gasteiger partial charge in [0.15, 0.2) is 17.5 Å². The highest BCUT2D eigenvalue weighted by Crippen LogP contribution is 2.48. The van der Waals surface area contributed by atoms with E-state index in [2.05, 4.69) is 121 Å². The minimum atomic E-state index is 0.658. The van der Waals surface area contributed by atoms with Crippen LogP contribution in [-0.2, 0) is 0 Å². The Hall–Kier alpha value is -7.12. The van der Waals surface area contributed by atoms with Crippen molar-refractivity contribution in [1.29, 1.82) is 0 Å². The van der Waals surface area contributed by atoms with Crippen LogP contribution in [-0.4, -0.2) is 19.9 Å². The lowest BCUT2D eigenvalue weighted by atomic mass is 9.95. The van der Waals surface area contributed by atoms with Crippen LogP contribution in [0.5, 0.6) is 0 Å². The molecular weight excluding hydrogens is 745 g/mol. The molecule has 4 aromatic heterocycles. The first-order valence-corrected chi connectivity index (χ1v) is 20.9. The van der Waals surface area contributed by atoms with Gasteiger partial charge in [0.05, 0.1) is 11.2 Å². The highest BCUT2D eigenvalue weighted by Gasteiger charge is 2.20. The van der Waals surface area contributed by atoms with E-state index in [1.165, 1.54) is 67.6 Å². The van der Waals surface area contributed by atoms with Gasteiger partial charge in [-0.25, -0.2) is 19.9 Å². The predicted molar refractivity (Wildman–Crippen MR) is 246 cm³/mol. The molecule has 12 rings (SSSR count). The lowest BCUT2D eigenvalue weighted by Crippen LogP contribution is -2.00. The molecular formula is C52H30N4S2. The van der Waals surface area contributed by atoms with E-state index in [1.807, 2.05) is 83.3 Å². The zero-order valence-electron chi connectivity index (χ0n) is 30.9. The zero-order valence-corrected chi connectivity index (χ0v) is 32.6. The molecule has 8 aromatic carbocycles. The standard InChI is InChI=1S/C52H30N4S2/c1-4-14-31(15-5-1)47-39-27-29-44-46(45(39)38-20-10-11-25-42(38)53-47)40-24-13-22-36(49(40)58-44)35-21-12-23-37-41-30-34(26-28-43(41)57-48(35)37)52-55-50(32-16-6-2-7-17-32)54-51(56-52)33-18-8-3-9-19-33/h1-30H. The van der Waals surface area contributed by atoms with Gasteiger partial charge in [-0.3, -0.25) is 0 Å². The average Bonchev–Trinajstić information content (AvgIpc) is 3.88. The smallest absolute Gasteiger partial charge is 0.164 e. The third-order valence-electron chi connectivity index (χ3n) is 11.1. The third-order valence-corrected chi connectivity index (χ3v) is 13.5. The third kappa shape index (κ3) is 5.27. The summed E-state index contributed by atoms with van der Waals surface area (Å²) in [6.45, 7) is 0. The van der Waals surface area contributed by atoms with Crippen molar-refractivity contribution in [2.75, 3.05) is 0 Å². The number of hydrogen-bond donors (Lipinski definition) is 0. The van der Waals surface area contributed by atoms with E-state index in [9.17, 15) is 0 Å². The fraction of sp³-hybridized carbons (Fsp3) is 0. The molecule has 4 nitrogen and oxygen atoms in total. The first-order chi connectivity index (χ1) is 28.7. The molecule has 0 aliphatic carbocycles. The maximum Gasteiger partial charge on any atom is 0.164 e.